The van der Waals surface area contributed by atoms with Crippen LogP contribution in [0.25, 0.3) is 10.9 Å². The molecule has 2 aliphatic rings. The highest BCUT2D eigenvalue weighted by Crippen LogP contribution is 2.24. The van der Waals surface area contributed by atoms with E-state index >= 15 is 0 Å². The standard InChI is InChI=1S/C22H24N4O2/c23-12-19-5-3-8-26(19)22(28)15-25-9-7-16(14-25)10-21(27)18-11-17-4-1-2-6-20(17)24-13-18/h1-2,4,6,11,13,16,19H,3,5,7-10,14-15H2/t16-,19+/m1/s1. The molecular weight excluding hydrogens is 352 g/mol. The number of hydrogen-bond donors (Lipinski definition) is 0. The number of para-hydroxylation sites is 1. The Morgan fingerprint density at radius 1 is 1.21 bits per heavy atom. The predicted molar refractivity (Wildman–Crippen MR) is 106 cm³/mol. The van der Waals surface area contributed by atoms with Gasteiger partial charge in [-0.1, -0.05) is 18.2 Å². The molecule has 28 heavy (non-hydrogen) atoms. The Labute approximate surface area is 164 Å². The van der Waals surface area contributed by atoms with Crippen molar-refractivity contribution in [3.8, 4) is 6.07 Å². The average Bonchev–Trinajstić information content (AvgIpc) is 3.36. The topological polar surface area (TPSA) is 77.3 Å². The Balaban J connectivity index is 1.32. The summed E-state index contributed by atoms with van der Waals surface area (Å²) < 4.78 is 0. The van der Waals surface area contributed by atoms with Gasteiger partial charge in [-0.2, -0.15) is 5.26 Å². The zero-order chi connectivity index (χ0) is 19.5. The third kappa shape index (κ3) is 3.90. The van der Waals surface area contributed by atoms with E-state index in [1.54, 1.807) is 11.1 Å². The minimum Gasteiger partial charge on any atom is -0.326 e. The number of carbonyl (C=O) groups excluding carboxylic acids is 2. The Hall–Kier alpha value is -2.78. The predicted octanol–water partition coefficient (Wildman–Crippen LogP) is 2.64. The van der Waals surface area contributed by atoms with Crippen LogP contribution in [0.4, 0.5) is 0 Å². The van der Waals surface area contributed by atoms with Gasteiger partial charge in [0.1, 0.15) is 6.04 Å². The second-order valence-corrected chi connectivity index (χ2v) is 7.81. The first-order valence-corrected chi connectivity index (χ1v) is 9.93. The first-order chi connectivity index (χ1) is 13.6. The monoisotopic (exact) mass is 376 g/mol. The maximum absolute atomic E-state index is 12.7. The lowest BCUT2D eigenvalue weighted by atomic mass is 9.98. The Bertz CT molecular complexity index is 936. The fourth-order valence-corrected chi connectivity index (χ4v) is 4.31. The average molecular weight is 376 g/mol. The number of carbonyl (C=O) groups is 2. The van der Waals surface area contributed by atoms with Crippen LogP contribution in [0.1, 0.15) is 36.0 Å². The number of fused-ring (bicyclic) bond motifs is 1. The summed E-state index contributed by atoms with van der Waals surface area (Å²) >= 11 is 0. The van der Waals surface area contributed by atoms with Crippen molar-refractivity contribution < 1.29 is 9.59 Å². The number of nitrogens with zero attached hydrogens (tertiary/aromatic N) is 4. The van der Waals surface area contributed by atoms with Crippen LogP contribution in [0.2, 0.25) is 0 Å². The number of hydrogen-bond acceptors (Lipinski definition) is 5. The van der Waals surface area contributed by atoms with Gasteiger partial charge >= 0.3 is 0 Å². The molecule has 144 valence electrons. The van der Waals surface area contributed by atoms with Crippen LogP contribution >= 0.6 is 0 Å². The van der Waals surface area contributed by atoms with E-state index in [4.69, 9.17) is 5.26 Å². The number of benzene rings is 1. The molecule has 0 spiro atoms. The van der Waals surface area contributed by atoms with Gasteiger partial charge in [-0.05, 0) is 43.9 Å². The van der Waals surface area contributed by atoms with Gasteiger partial charge in [0, 0.05) is 36.7 Å². The molecule has 0 bridgehead atoms. The number of ketones is 1. The summed E-state index contributed by atoms with van der Waals surface area (Å²) in [4.78, 5) is 33.4. The third-order valence-corrected chi connectivity index (χ3v) is 5.84. The summed E-state index contributed by atoms with van der Waals surface area (Å²) in [6, 6.07) is 11.7. The fraction of sp³-hybridized carbons (Fsp3) is 0.455. The maximum Gasteiger partial charge on any atom is 0.237 e. The molecule has 6 heteroatoms. The van der Waals surface area contributed by atoms with Gasteiger partial charge in [0.15, 0.2) is 5.78 Å². The number of Topliss-reactive ketones (excluding diaryl/α,β-unsaturated/α-hetero) is 1. The van der Waals surface area contributed by atoms with E-state index in [1.165, 1.54) is 0 Å². The van der Waals surface area contributed by atoms with E-state index in [-0.39, 0.29) is 23.7 Å². The molecule has 0 radical (unpaired) electrons. The van der Waals surface area contributed by atoms with Crippen LogP contribution in [-0.4, -0.2) is 58.7 Å². The number of likely N-dealkylation sites (tertiary alicyclic amines) is 2. The van der Waals surface area contributed by atoms with E-state index in [0.29, 0.717) is 25.1 Å². The van der Waals surface area contributed by atoms with Gasteiger partial charge in [0.2, 0.25) is 5.91 Å². The normalized spacial score (nSPS) is 22.5. The lowest BCUT2D eigenvalue weighted by Gasteiger charge is -2.23. The molecular formula is C22H24N4O2. The van der Waals surface area contributed by atoms with Crippen LogP contribution in [-0.2, 0) is 4.79 Å². The quantitative estimate of drug-likeness (QED) is 0.750. The third-order valence-electron chi connectivity index (χ3n) is 5.84. The Morgan fingerprint density at radius 2 is 2.07 bits per heavy atom. The molecule has 1 amide bonds. The lowest BCUT2D eigenvalue weighted by Crippen LogP contribution is -2.41. The maximum atomic E-state index is 12.7. The van der Waals surface area contributed by atoms with Gasteiger partial charge in [-0.25, -0.2) is 0 Å². The highest BCUT2D eigenvalue weighted by Gasteiger charge is 2.32. The molecule has 0 N–H and O–H groups in total. The van der Waals surface area contributed by atoms with Crippen molar-refractivity contribution in [1.29, 1.82) is 5.26 Å². The molecule has 0 aliphatic carbocycles. The van der Waals surface area contributed by atoms with Crippen molar-refractivity contribution >= 4 is 22.6 Å². The van der Waals surface area contributed by atoms with Gasteiger partial charge < -0.3 is 4.90 Å². The Kier molecular flexibility index (Phi) is 5.36. The molecule has 4 rings (SSSR count). The van der Waals surface area contributed by atoms with Crippen molar-refractivity contribution in [3.63, 3.8) is 0 Å². The van der Waals surface area contributed by atoms with E-state index in [2.05, 4.69) is 16.0 Å². The Morgan fingerprint density at radius 3 is 2.93 bits per heavy atom. The minimum atomic E-state index is -0.270. The summed E-state index contributed by atoms with van der Waals surface area (Å²) in [7, 11) is 0. The zero-order valence-electron chi connectivity index (χ0n) is 15.9. The van der Waals surface area contributed by atoms with Crippen molar-refractivity contribution in [1.82, 2.24) is 14.8 Å². The first kappa shape index (κ1) is 18.6. The summed E-state index contributed by atoms with van der Waals surface area (Å²) in [5, 5.41) is 10.1. The van der Waals surface area contributed by atoms with Gasteiger partial charge in [-0.15, -0.1) is 0 Å². The number of aromatic nitrogens is 1. The van der Waals surface area contributed by atoms with Crippen LogP contribution in [0.5, 0.6) is 0 Å². The van der Waals surface area contributed by atoms with Gasteiger partial charge in [0.05, 0.1) is 18.1 Å². The molecule has 0 saturated carbocycles. The van der Waals surface area contributed by atoms with Crippen molar-refractivity contribution in [2.24, 2.45) is 5.92 Å². The second-order valence-electron chi connectivity index (χ2n) is 7.81. The zero-order valence-corrected chi connectivity index (χ0v) is 15.9. The van der Waals surface area contributed by atoms with Crippen LogP contribution in [0.15, 0.2) is 36.5 Å². The van der Waals surface area contributed by atoms with E-state index in [1.807, 2.05) is 30.3 Å². The molecule has 2 aliphatic heterocycles. The molecule has 1 aromatic carbocycles. The summed E-state index contributed by atoms with van der Waals surface area (Å²) in [5.41, 5.74) is 1.55. The second kappa shape index (κ2) is 8.07. The molecule has 2 fully saturated rings. The molecule has 1 aromatic heterocycles. The van der Waals surface area contributed by atoms with E-state index in [9.17, 15) is 9.59 Å². The summed E-state index contributed by atoms with van der Waals surface area (Å²) in [5.74, 6) is 0.410. The van der Waals surface area contributed by atoms with Crippen LogP contribution in [0.3, 0.4) is 0 Å². The SMILES string of the molecule is N#C[C@@H]1CCCN1C(=O)CN1CC[C@H](CC(=O)c2cnc3ccccc3c2)C1. The van der Waals surface area contributed by atoms with Crippen LogP contribution in [0, 0.1) is 17.2 Å². The molecule has 0 unspecified atom stereocenters. The van der Waals surface area contributed by atoms with Crippen LogP contribution < -0.4 is 0 Å². The highest BCUT2D eigenvalue weighted by atomic mass is 16.2. The number of nitriles is 1. The van der Waals surface area contributed by atoms with Crippen molar-refractivity contribution in [3.05, 3.63) is 42.1 Å². The highest BCUT2D eigenvalue weighted by molar-refractivity contribution is 5.98. The largest absolute Gasteiger partial charge is 0.326 e. The minimum absolute atomic E-state index is 0.0368. The molecule has 3 heterocycles. The first-order valence-electron chi connectivity index (χ1n) is 9.93. The van der Waals surface area contributed by atoms with Crippen molar-refractivity contribution in [2.45, 2.75) is 31.7 Å². The van der Waals surface area contributed by atoms with Gasteiger partial charge in [0.25, 0.3) is 0 Å². The number of pyridine rings is 1. The fourth-order valence-electron chi connectivity index (χ4n) is 4.31. The van der Waals surface area contributed by atoms with Gasteiger partial charge in [-0.3, -0.25) is 19.5 Å². The van der Waals surface area contributed by atoms with E-state index in [0.717, 1.165) is 43.3 Å². The molecule has 2 atom stereocenters. The smallest absolute Gasteiger partial charge is 0.237 e. The summed E-state index contributed by atoms with van der Waals surface area (Å²) in [6.45, 7) is 2.61. The molecule has 2 aromatic rings. The van der Waals surface area contributed by atoms with E-state index < -0.39 is 0 Å². The number of rotatable bonds is 5. The molecule has 6 nitrogen and oxygen atoms in total. The lowest BCUT2D eigenvalue weighted by molar-refractivity contribution is -0.132. The summed E-state index contributed by atoms with van der Waals surface area (Å²) in [6.07, 6.45) is 4.74. The molecule has 2 saturated heterocycles. The van der Waals surface area contributed by atoms with Crippen molar-refractivity contribution in [2.75, 3.05) is 26.2 Å². The number of amides is 1.